The van der Waals surface area contributed by atoms with E-state index in [0.717, 1.165) is 31.5 Å². The van der Waals surface area contributed by atoms with Gasteiger partial charge in [0.15, 0.2) is 0 Å². The lowest BCUT2D eigenvalue weighted by atomic mass is 9.95. The van der Waals surface area contributed by atoms with Gasteiger partial charge in [0, 0.05) is 37.3 Å². The first-order valence-corrected chi connectivity index (χ1v) is 11.4. The molecular formula is C23H28FN7O2. The molecule has 1 saturated heterocycles. The minimum absolute atomic E-state index is 0.0126. The van der Waals surface area contributed by atoms with Crippen molar-refractivity contribution in [2.45, 2.75) is 51.0 Å². The van der Waals surface area contributed by atoms with Gasteiger partial charge in [-0.1, -0.05) is 0 Å². The molecule has 0 radical (unpaired) electrons. The predicted molar refractivity (Wildman–Crippen MR) is 122 cm³/mol. The Hall–Kier alpha value is -3.30. The first-order valence-electron chi connectivity index (χ1n) is 11.4. The van der Waals surface area contributed by atoms with Gasteiger partial charge in [-0.3, -0.25) is 4.79 Å². The molecule has 174 valence electrons. The molecule has 1 aliphatic heterocycles. The molecule has 4 heterocycles. The number of nitrogens with one attached hydrogen (secondary N) is 2. The monoisotopic (exact) mass is 453 g/mol. The molecule has 1 saturated carbocycles. The van der Waals surface area contributed by atoms with Crippen molar-refractivity contribution in [1.29, 1.82) is 0 Å². The molecule has 9 nitrogen and oxygen atoms in total. The fraction of sp³-hybridized carbons (Fsp3) is 0.522. The molecule has 0 spiro atoms. The van der Waals surface area contributed by atoms with Crippen molar-refractivity contribution in [3.05, 3.63) is 35.7 Å². The molecule has 2 aliphatic rings. The van der Waals surface area contributed by atoms with E-state index in [1.165, 1.54) is 6.33 Å². The zero-order chi connectivity index (χ0) is 23.0. The summed E-state index contributed by atoms with van der Waals surface area (Å²) in [7, 11) is 0. The average Bonchev–Trinajstić information content (AvgIpc) is 3.45. The number of aromatic nitrogens is 4. The zero-order valence-corrected chi connectivity index (χ0v) is 18.9. The van der Waals surface area contributed by atoms with Crippen LogP contribution < -0.4 is 10.6 Å². The summed E-state index contributed by atoms with van der Waals surface area (Å²) >= 11 is 0. The molecule has 0 aromatic carbocycles. The van der Waals surface area contributed by atoms with Gasteiger partial charge in [-0.25, -0.2) is 24.3 Å². The van der Waals surface area contributed by atoms with Crippen molar-refractivity contribution in [3.63, 3.8) is 0 Å². The van der Waals surface area contributed by atoms with Crippen LogP contribution in [0, 0.1) is 6.92 Å². The minimum atomic E-state index is -0.455. The Morgan fingerprint density at radius 2 is 2.06 bits per heavy atom. The van der Waals surface area contributed by atoms with Gasteiger partial charge >= 0.3 is 0 Å². The molecule has 2 fully saturated rings. The third kappa shape index (κ3) is 4.34. The highest BCUT2D eigenvalue weighted by atomic mass is 19.1. The molecule has 3 aromatic heterocycles. The first-order chi connectivity index (χ1) is 16.0. The molecule has 0 bridgehead atoms. The summed E-state index contributed by atoms with van der Waals surface area (Å²) in [5, 5.41) is 7.07. The maximum absolute atomic E-state index is 13.6. The maximum atomic E-state index is 13.6. The zero-order valence-electron chi connectivity index (χ0n) is 18.9. The lowest BCUT2D eigenvalue weighted by Gasteiger charge is -2.31. The smallest absolute Gasteiger partial charge is 0.258 e. The van der Waals surface area contributed by atoms with Crippen LogP contribution in [-0.2, 0) is 0 Å². The summed E-state index contributed by atoms with van der Waals surface area (Å²) in [5.41, 5.74) is 0.974. The van der Waals surface area contributed by atoms with Crippen LogP contribution in [0.2, 0.25) is 0 Å². The topological polar surface area (TPSA) is 109 Å². The Morgan fingerprint density at radius 1 is 1.27 bits per heavy atom. The number of nitrogens with zero attached hydrogens (tertiary/aromatic N) is 5. The molecular weight excluding hydrogens is 425 g/mol. The van der Waals surface area contributed by atoms with Crippen molar-refractivity contribution in [2.75, 3.05) is 36.9 Å². The molecule has 33 heavy (non-hydrogen) atoms. The Bertz CT molecular complexity index is 1170. The van der Waals surface area contributed by atoms with Gasteiger partial charge in [-0.05, 0) is 45.6 Å². The lowest BCUT2D eigenvalue weighted by molar-refractivity contribution is 0.0711. The number of likely N-dealkylation sites (tertiary alicyclic amines) is 1. The summed E-state index contributed by atoms with van der Waals surface area (Å²) in [6.07, 6.45) is 6.81. The standard InChI is InChI=1S/C23H28FN7O2/c1-14-17(18-20(30-23(2)6-7-23)27-13-28-21(18)33-14)22(32)31-11-4-15(5-12-31)19-26-9-3-16(29-19)25-10-8-24/h3,9,13,15H,4-8,10-12H2,1-2H3,(H,25,26,29)(H,27,28,30). The van der Waals surface area contributed by atoms with Gasteiger partial charge in [0.2, 0.25) is 5.71 Å². The first kappa shape index (κ1) is 21.5. The van der Waals surface area contributed by atoms with Gasteiger partial charge in [0.05, 0.1) is 10.9 Å². The van der Waals surface area contributed by atoms with Gasteiger partial charge in [-0.15, -0.1) is 0 Å². The van der Waals surface area contributed by atoms with Crippen molar-refractivity contribution in [1.82, 2.24) is 24.8 Å². The Kier molecular flexibility index (Phi) is 5.59. The highest BCUT2D eigenvalue weighted by molar-refractivity contribution is 6.10. The number of rotatable bonds is 7. The van der Waals surface area contributed by atoms with Gasteiger partial charge < -0.3 is 20.0 Å². The quantitative estimate of drug-likeness (QED) is 0.558. The minimum Gasteiger partial charge on any atom is -0.442 e. The van der Waals surface area contributed by atoms with Crippen molar-refractivity contribution in [2.24, 2.45) is 0 Å². The predicted octanol–water partition coefficient (Wildman–Crippen LogP) is 3.69. The Balaban J connectivity index is 1.33. The van der Waals surface area contributed by atoms with Gasteiger partial charge in [0.25, 0.3) is 5.91 Å². The normalized spacial score (nSPS) is 17.8. The molecule has 1 aliphatic carbocycles. The molecule has 2 N–H and O–H groups in total. The lowest BCUT2D eigenvalue weighted by Crippen LogP contribution is -2.38. The molecule has 10 heteroatoms. The van der Waals surface area contributed by atoms with Gasteiger partial charge in [0.1, 0.15) is 36.2 Å². The van der Waals surface area contributed by atoms with E-state index in [9.17, 15) is 9.18 Å². The van der Waals surface area contributed by atoms with Crippen LogP contribution in [0.4, 0.5) is 16.0 Å². The van der Waals surface area contributed by atoms with E-state index in [1.54, 1.807) is 19.2 Å². The number of alkyl halides is 1. The summed E-state index contributed by atoms with van der Waals surface area (Å²) in [6, 6.07) is 1.74. The number of fused-ring (bicyclic) bond motifs is 1. The third-order valence-corrected chi connectivity index (χ3v) is 6.52. The highest BCUT2D eigenvalue weighted by Gasteiger charge is 2.39. The van der Waals surface area contributed by atoms with E-state index >= 15 is 0 Å². The van der Waals surface area contributed by atoms with E-state index < -0.39 is 6.67 Å². The number of halogens is 1. The van der Waals surface area contributed by atoms with Crippen LogP contribution in [0.15, 0.2) is 23.0 Å². The van der Waals surface area contributed by atoms with Crippen LogP contribution >= 0.6 is 0 Å². The molecule has 3 aromatic rings. The average molecular weight is 454 g/mol. The van der Waals surface area contributed by atoms with E-state index in [1.807, 2.05) is 4.90 Å². The van der Waals surface area contributed by atoms with E-state index in [4.69, 9.17) is 4.42 Å². The fourth-order valence-corrected chi connectivity index (χ4v) is 4.34. The number of hydrogen-bond donors (Lipinski definition) is 2. The highest BCUT2D eigenvalue weighted by Crippen LogP contribution is 2.40. The third-order valence-electron chi connectivity index (χ3n) is 6.52. The van der Waals surface area contributed by atoms with Gasteiger partial charge in [-0.2, -0.15) is 0 Å². The van der Waals surface area contributed by atoms with Crippen molar-refractivity contribution >= 4 is 28.6 Å². The Morgan fingerprint density at radius 3 is 2.79 bits per heavy atom. The number of piperidine rings is 1. The van der Waals surface area contributed by atoms with Crippen LogP contribution in [-0.4, -0.2) is 62.6 Å². The second-order valence-electron chi connectivity index (χ2n) is 9.10. The number of carbonyl (C=O) groups is 1. The molecule has 1 amide bonds. The SMILES string of the molecule is Cc1oc2ncnc(NC3(C)CC3)c2c1C(=O)N1CCC(c2nccc(NCCF)n2)CC1. The molecule has 0 unspecified atom stereocenters. The van der Waals surface area contributed by atoms with E-state index in [0.29, 0.717) is 47.1 Å². The second kappa shape index (κ2) is 8.57. The number of amides is 1. The number of carbonyl (C=O) groups excluding carboxylic acids is 1. The number of aryl methyl sites for hydroxylation is 1. The number of anilines is 2. The summed E-state index contributed by atoms with van der Waals surface area (Å²) < 4.78 is 18.3. The second-order valence-corrected chi connectivity index (χ2v) is 9.10. The largest absolute Gasteiger partial charge is 0.442 e. The van der Waals surface area contributed by atoms with E-state index in [2.05, 4.69) is 37.5 Å². The van der Waals surface area contributed by atoms with E-state index in [-0.39, 0.29) is 23.9 Å². The molecule has 5 rings (SSSR count). The van der Waals surface area contributed by atoms with Crippen molar-refractivity contribution < 1.29 is 13.6 Å². The van der Waals surface area contributed by atoms with Crippen LogP contribution in [0.25, 0.3) is 11.1 Å². The maximum Gasteiger partial charge on any atom is 0.258 e. The van der Waals surface area contributed by atoms with Crippen LogP contribution in [0.3, 0.4) is 0 Å². The van der Waals surface area contributed by atoms with Crippen molar-refractivity contribution in [3.8, 4) is 0 Å². The van der Waals surface area contributed by atoms with Crippen LogP contribution in [0.5, 0.6) is 0 Å². The summed E-state index contributed by atoms with van der Waals surface area (Å²) in [6.45, 7) is 4.90. The van der Waals surface area contributed by atoms with Crippen LogP contribution in [0.1, 0.15) is 60.5 Å². The summed E-state index contributed by atoms with van der Waals surface area (Å²) in [4.78, 5) is 33.0. The summed E-state index contributed by atoms with van der Waals surface area (Å²) in [5.74, 6) is 2.65. The Labute approximate surface area is 191 Å². The number of hydrogen-bond acceptors (Lipinski definition) is 8. The molecule has 0 atom stereocenters. The number of furan rings is 1. The fourth-order valence-electron chi connectivity index (χ4n) is 4.34.